The Balaban J connectivity index is 1.30. The van der Waals surface area contributed by atoms with Gasteiger partial charge in [0.2, 0.25) is 11.8 Å². The number of aryl methyl sites for hydroxylation is 1. The van der Waals surface area contributed by atoms with Crippen molar-refractivity contribution in [2.45, 2.75) is 97.1 Å². The van der Waals surface area contributed by atoms with Crippen LogP contribution in [0.2, 0.25) is 0 Å². The van der Waals surface area contributed by atoms with Crippen molar-refractivity contribution in [3.8, 4) is 5.75 Å². The molecule has 288 valence electrons. The fourth-order valence-corrected chi connectivity index (χ4v) is 6.91. The summed E-state index contributed by atoms with van der Waals surface area (Å²) < 4.78 is 16.2. The van der Waals surface area contributed by atoms with Crippen LogP contribution >= 0.6 is 0 Å². The van der Waals surface area contributed by atoms with Gasteiger partial charge in [-0.25, -0.2) is 14.6 Å². The molecule has 1 fully saturated rings. The van der Waals surface area contributed by atoms with E-state index in [1.54, 1.807) is 76.2 Å². The third-order valence-electron chi connectivity index (χ3n) is 10.1. The van der Waals surface area contributed by atoms with Gasteiger partial charge in [-0.1, -0.05) is 55.0 Å². The number of fused-ring (bicyclic) bond motifs is 1. The molecule has 2 aliphatic carbocycles. The van der Waals surface area contributed by atoms with Crippen molar-refractivity contribution in [3.63, 3.8) is 0 Å². The minimum absolute atomic E-state index is 0.0174. The molecule has 0 saturated heterocycles. The summed E-state index contributed by atoms with van der Waals surface area (Å²) in [5.41, 5.74) is 6.39. The van der Waals surface area contributed by atoms with Gasteiger partial charge in [0.1, 0.15) is 24.0 Å². The number of ether oxygens (including phenoxy) is 3. The number of nitrogens with one attached hydrogen (secondary N) is 2. The summed E-state index contributed by atoms with van der Waals surface area (Å²) in [6, 6.07) is 21.2. The largest absolute Gasteiger partial charge is 0.489 e. The van der Waals surface area contributed by atoms with Crippen molar-refractivity contribution in [2.24, 2.45) is 11.8 Å². The standard InChI is InChI=1S/C42H52N4O8/c1-27(45(5)41(51)54-42(2,3)4)37(47)44-46(25-28-19-23-32(24-20-28)53-26-29-17-21-31(22-18-29)40(50)52-6)39(49)35-15-10-14-34(35)38(48)43-36-16-9-12-30-11-7-8-13-33(30)36/h7-8,11,13,17-24,27,34-36H,9-10,12,14-16,25-26H2,1-6H3,(H,43,48)(H,44,47)/t27-,34+,35?,36+/m0/s1. The van der Waals surface area contributed by atoms with Crippen LogP contribution in [0.3, 0.4) is 0 Å². The van der Waals surface area contributed by atoms with Crippen LogP contribution in [0.25, 0.3) is 0 Å². The third kappa shape index (κ3) is 10.2. The summed E-state index contributed by atoms with van der Waals surface area (Å²) in [6.45, 7) is 7.07. The molecule has 3 aromatic carbocycles. The maximum Gasteiger partial charge on any atom is 0.410 e. The smallest absolute Gasteiger partial charge is 0.410 e. The van der Waals surface area contributed by atoms with Gasteiger partial charge in [0.05, 0.1) is 31.2 Å². The Morgan fingerprint density at radius 1 is 0.852 bits per heavy atom. The SMILES string of the molecule is COC(=O)c1ccc(COc2ccc(CN(NC(=O)[C@H](C)N(C)C(=O)OC(C)(C)C)C(=O)C3CCC[C@H]3C(=O)N[C@@H]3CCCc4ccccc43)cc2)cc1. The molecule has 2 aliphatic rings. The second-order valence-corrected chi connectivity index (χ2v) is 15.1. The molecule has 0 bridgehead atoms. The Morgan fingerprint density at radius 3 is 2.20 bits per heavy atom. The lowest BCUT2D eigenvalue weighted by atomic mass is 9.86. The molecular formula is C42H52N4O8. The second-order valence-electron chi connectivity index (χ2n) is 15.1. The number of likely N-dealkylation sites (N-methyl/N-ethyl adjacent to an activating group) is 1. The predicted octanol–water partition coefficient (Wildman–Crippen LogP) is 6.28. The quantitative estimate of drug-likeness (QED) is 0.173. The molecule has 0 aliphatic heterocycles. The molecule has 0 heterocycles. The van der Waals surface area contributed by atoms with Gasteiger partial charge in [0.25, 0.3) is 5.91 Å². The molecule has 4 amide bonds. The number of amides is 4. The third-order valence-corrected chi connectivity index (χ3v) is 10.1. The van der Waals surface area contributed by atoms with Crippen molar-refractivity contribution in [1.29, 1.82) is 0 Å². The minimum Gasteiger partial charge on any atom is -0.489 e. The lowest BCUT2D eigenvalue weighted by Crippen LogP contribution is -2.55. The number of hydrazine groups is 1. The molecule has 12 nitrogen and oxygen atoms in total. The predicted molar refractivity (Wildman–Crippen MR) is 202 cm³/mol. The number of hydrogen-bond acceptors (Lipinski definition) is 8. The Hall–Kier alpha value is -5.39. The molecule has 12 heteroatoms. The first kappa shape index (κ1) is 39.8. The molecule has 54 heavy (non-hydrogen) atoms. The highest BCUT2D eigenvalue weighted by Crippen LogP contribution is 2.36. The molecule has 1 saturated carbocycles. The van der Waals surface area contributed by atoms with Gasteiger partial charge in [-0.05, 0) is 106 Å². The lowest BCUT2D eigenvalue weighted by Gasteiger charge is -2.32. The molecule has 1 unspecified atom stereocenters. The number of carbonyl (C=O) groups excluding carboxylic acids is 5. The number of hydrogen-bond donors (Lipinski definition) is 2. The number of rotatable bonds is 11. The average Bonchev–Trinajstić information content (AvgIpc) is 3.66. The molecule has 0 spiro atoms. The van der Waals surface area contributed by atoms with Gasteiger partial charge in [-0.3, -0.25) is 24.7 Å². The Labute approximate surface area is 317 Å². The van der Waals surface area contributed by atoms with E-state index in [2.05, 4.69) is 22.9 Å². The minimum atomic E-state index is -0.971. The zero-order valence-electron chi connectivity index (χ0n) is 32.1. The number of carbonyl (C=O) groups is 5. The van der Waals surface area contributed by atoms with Crippen LogP contribution in [0.4, 0.5) is 4.79 Å². The first-order valence-electron chi connectivity index (χ1n) is 18.6. The number of nitrogens with zero attached hydrogens (tertiary/aromatic N) is 2. The van der Waals surface area contributed by atoms with Crippen LogP contribution in [0.1, 0.15) is 98.5 Å². The van der Waals surface area contributed by atoms with E-state index in [1.807, 2.05) is 12.1 Å². The monoisotopic (exact) mass is 740 g/mol. The fraction of sp³-hybridized carbons (Fsp3) is 0.452. The summed E-state index contributed by atoms with van der Waals surface area (Å²) in [5.74, 6) is -2.12. The Bertz CT molecular complexity index is 1800. The van der Waals surface area contributed by atoms with Gasteiger partial charge in [-0.15, -0.1) is 0 Å². The van der Waals surface area contributed by atoms with Crippen molar-refractivity contribution in [1.82, 2.24) is 20.7 Å². The maximum atomic E-state index is 14.4. The summed E-state index contributed by atoms with van der Waals surface area (Å²) in [6.07, 6.45) is 3.88. The lowest BCUT2D eigenvalue weighted by molar-refractivity contribution is -0.149. The zero-order valence-corrected chi connectivity index (χ0v) is 32.1. The fourth-order valence-electron chi connectivity index (χ4n) is 6.91. The molecule has 3 aromatic rings. The van der Waals surface area contributed by atoms with Crippen LogP contribution in [0.15, 0.2) is 72.8 Å². The van der Waals surface area contributed by atoms with E-state index in [0.29, 0.717) is 36.1 Å². The topological polar surface area (TPSA) is 144 Å². The van der Waals surface area contributed by atoms with Crippen molar-refractivity contribution in [2.75, 3.05) is 14.2 Å². The van der Waals surface area contributed by atoms with Gasteiger partial charge < -0.3 is 19.5 Å². The van der Waals surface area contributed by atoms with Crippen molar-refractivity contribution in [3.05, 3.63) is 101 Å². The van der Waals surface area contributed by atoms with Gasteiger partial charge in [0, 0.05) is 13.0 Å². The summed E-state index contributed by atoms with van der Waals surface area (Å²) in [7, 11) is 2.80. The number of benzene rings is 3. The Morgan fingerprint density at radius 2 is 1.52 bits per heavy atom. The Kier molecular flexibility index (Phi) is 13.0. The van der Waals surface area contributed by atoms with E-state index in [4.69, 9.17) is 14.2 Å². The van der Waals surface area contributed by atoms with Gasteiger partial charge >= 0.3 is 12.1 Å². The second kappa shape index (κ2) is 17.6. The normalized spacial score (nSPS) is 18.4. The summed E-state index contributed by atoms with van der Waals surface area (Å²) in [5, 5.41) is 4.52. The van der Waals surface area contributed by atoms with E-state index in [9.17, 15) is 24.0 Å². The first-order valence-corrected chi connectivity index (χ1v) is 18.6. The van der Waals surface area contributed by atoms with Crippen molar-refractivity contribution < 1.29 is 38.2 Å². The summed E-state index contributed by atoms with van der Waals surface area (Å²) in [4.78, 5) is 67.6. The number of methoxy groups -OCH3 is 1. The highest BCUT2D eigenvalue weighted by Gasteiger charge is 2.41. The summed E-state index contributed by atoms with van der Waals surface area (Å²) >= 11 is 0. The van der Waals surface area contributed by atoms with Gasteiger partial charge in [-0.2, -0.15) is 0 Å². The molecule has 0 radical (unpaired) electrons. The van der Waals surface area contributed by atoms with E-state index < -0.39 is 41.4 Å². The zero-order chi connectivity index (χ0) is 39.0. The van der Waals surface area contributed by atoms with Crippen LogP contribution in [-0.4, -0.2) is 65.5 Å². The molecule has 4 atom stereocenters. The van der Waals surface area contributed by atoms with E-state index in [-0.39, 0.29) is 31.0 Å². The van der Waals surface area contributed by atoms with Crippen LogP contribution in [0, 0.1) is 11.8 Å². The van der Waals surface area contributed by atoms with Crippen LogP contribution in [0.5, 0.6) is 5.75 Å². The molecular weight excluding hydrogens is 688 g/mol. The van der Waals surface area contributed by atoms with Crippen molar-refractivity contribution >= 4 is 29.8 Å². The van der Waals surface area contributed by atoms with E-state index in [0.717, 1.165) is 30.4 Å². The van der Waals surface area contributed by atoms with Crippen LogP contribution < -0.4 is 15.5 Å². The maximum absolute atomic E-state index is 14.4. The van der Waals surface area contributed by atoms with E-state index in [1.165, 1.54) is 29.6 Å². The van der Waals surface area contributed by atoms with E-state index >= 15 is 0 Å². The first-order chi connectivity index (χ1) is 25.7. The highest BCUT2D eigenvalue weighted by atomic mass is 16.6. The van der Waals surface area contributed by atoms with Crippen LogP contribution in [-0.2, 0) is 43.4 Å². The number of esters is 1. The molecule has 0 aromatic heterocycles. The molecule has 5 rings (SSSR count). The highest BCUT2D eigenvalue weighted by molar-refractivity contribution is 5.91. The average molecular weight is 741 g/mol. The molecule has 2 N–H and O–H groups in total. The van der Waals surface area contributed by atoms with Gasteiger partial charge in [0.15, 0.2) is 0 Å².